The third-order valence-electron chi connectivity index (χ3n) is 6.77. The Morgan fingerprint density at radius 3 is 2.59 bits per heavy atom. The molecule has 1 amide bonds. The topological polar surface area (TPSA) is 54.6 Å². The van der Waals surface area contributed by atoms with Gasteiger partial charge in [0.15, 0.2) is 0 Å². The van der Waals surface area contributed by atoms with Crippen LogP contribution in [0.2, 0.25) is 10.0 Å². The molecule has 1 aliphatic carbocycles. The molecular formula is C30H28Cl2N2O2S. The Morgan fingerprint density at radius 1 is 0.973 bits per heavy atom. The number of aliphatic imine (C=N–C) groups is 1. The Kier molecular flexibility index (Phi) is 7.84. The second kappa shape index (κ2) is 11.3. The minimum atomic E-state index is -0.112. The number of carbonyl (C=O) groups is 1. The minimum absolute atomic E-state index is 0.112. The largest absolute Gasteiger partial charge is 0.455 e. The van der Waals surface area contributed by atoms with Crippen LogP contribution in [0.5, 0.6) is 0 Å². The lowest BCUT2D eigenvalue weighted by Crippen LogP contribution is -2.14. The first kappa shape index (κ1) is 25.8. The van der Waals surface area contributed by atoms with Crippen LogP contribution in [0.4, 0.5) is 10.7 Å². The summed E-state index contributed by atoms with van der Waals surface area (Å²) in [7, 11) is 0. The highest BCUT2D eigenvalue weighted by Gasteiger charge is 2.24. The van der Waals surface area contributed by atoms with Gasteiger partial charge in [-0.05, 0) is 98.7 Å². The van der Waals surface area contributed by atoms with Gasteiger partial charge in [-0.3, -0.25) is 4.79 Å². The summed E-state index contributed by atoms with van der Waals surface area (Å²) in [5.41, 5.74) is 5.68. The van der Waals surface area contributed by atoms with Crippen molar-refractivity contribution in [2.45, 2.75) is 52.4 Å². The first-order chi connectivity index (χ1) is 17.9. The second-order valence-corrected chi connectivity index (χ2v) is 11.4. The summed E-state index contributed by atoms with van der Waals surface area (Å²) >= 11 is 14.1. The van der Waals surface area contributed by atoms with E-state index in [-0.39, 0.29) is 5.91 Å². The molecule has 0 spiro atoms. The van der Waals surface area contributed by atoms with E-state index in [1.54, 1.807) is 35.8 Å². The lowest BCUT2D eigenvalue weighted by Gasteiger charge is -2.12. The smallest absolute Gasteiger partial charge is 0.259 e. The van der Waals surface area contributed by atoms with Crippen molar-refractivity contribution in [2.24, 2.45) is 4.99 Å². The Labute approximate surface area is 231 Å². The molecule has 4 aromatic rings. The molecule has 0 saturated carbocycles. The number of rotatable bonds is 5. The van der Waals surface area contributed by atoms with Crippen LogP contribution in [0, 0.1) is 13.8 Å². The number of hydrogen-bond donors (Lipinski definition) is 1. The zero-order valence-corrected chi connectivity index (χ0v) is 23.2. The lowest BCUT2D eigenvalue weighted by atomic mass is 9.96. The van der Waals surface area contributed by atoms with Gasteiger partial charge in [-0.25, -0.2) is 4.99 Å². The van der Waals surface area contributed by atoms with Gasteiger partial charge in [0, 0.05) is 21.2 Å². The van der Waals surface area contributed by atoms with Crippen molar-refractivity contribution >= 4 is 57.3 Å². The third-order valence-corrected chi connectivity index (χ3v) is 8.54. The average molecular weight is 552 g/mol. The molecule has 0 bridgehead atoms. The molecule has 7 heteroatoms. The molecule has 5 rings (SSSR count). The van der Waals surface area contributed by atoms with E-state index in [4.69, 9.17) is 32.6 Å². The normalized spacial score (nSPS) is 13.8. The monoisotopic (exact) mass is 550 g/mol. The molecule has 0 atom stereocenters. The molecule has 190 valence electrons. The first-order valence-electron chi connectivity index (χ1n) is 12.5. The highest BCUT2D eigenvalue weighted by atomic mass is 35.5. The number of furan rings is 1. The first-order valence-corrected chi connectivity index (χ1v) is 14.1. The average Bonchev–Trinajstić information content (AvgIpc) is 3.46. The lowest BCUT2D eigenvalue weighted by molar-refractivity contribution is 0.102. The van der Waals surface area contributed by atoms with Gasteiger partial charge in [0.1, 0.15) is 16.5 Å². The van der Waals surface area contributed by atoms with Gasteiger partial charge in [0.2, 0.25) is 0 Å². The van der Waals surface area contributed by atoms with E-state index in [2.05, 4.69) is 19.2 Å². The molecule has 37 heavy (non-hydrogen) atoms. The number of aryl methyl sites for hydroxylation is 3. The molecule has 1 N–H and O–H groups in total. The molecule has 0 unspecified atom stereocenters. The van der Waals surface area contributed by atoms with Gasteiger partial charge in [0.25, 0.3) is 5.91 Å². The maximum absolute atomic E-state index is 13.6. The fourth-order valence-electron chi connectivity index (χ4n) is 4.62. The van der Waals surface area contributed by atoms with E-state index in [0.29, 0.717) is 32.1 Å². The van der Waals surface area contributed by atoms with E-state index >= 15 is 0 Å². The summed E-state index contributed by atoms with van der Waals surface area (Å²) in [6.45, 7) is 4.12. The molecule has 0 aliphatic heterocycles. The van der Waals surface area contributed by atoms with Crippen LogP contribution in [0.15, 0.2) is 57.9 Å². The van der Waals surface area contributed by atoms with Crippen LogP contribution in [0.25, 0.3) is 11.3 Å². The molecule has 2 aromatic heterocycles. The van der Waals surface area contributed by atoms with Crippen molar-refractivity contribution in [1.29, 1.82) is 0 Å². The van der Waals surface area contributed by atoms with E-state index in [1.165, 1.54) is 23.3 Å². The van der Waals surface area contributed by atoms with E-state index in [1.807, 2.05) is 30.3 Å². The predicted molar refractivity (Wildman–Crippen MR) is 155 cm³/mol. The molecule has 4 nitrogen and oxygen atoms in total. The van der Waals surface area contributed by atoms with Gasteiger partial charge < -0.3 is 9.73 Å². The van der Waals surface area contributed by atoms with Crippen LogP contribution in [-0.2, 0) is 12.8 Å². The highest BCUT2D eigenvalue weighted by Crippen LogP contribution is 2.39. The van der Waals surface area contributed by atoms with Crippen LogP contribution >= 0.6 is 34.5 Å². The number of anilines is 1. The number of carbonyl (C=O) groups excluding carboxylic acids is 1. The SMILES string of the molecule is Cc1ccc(NC(=O)c2c(N=Cc3ccc(-c4cc(Cl)ccc4Cl)o3)sc3c2CCCCCC3)cc1C. The van der Waals surface area contributed by atoms with Crippen molar-refractivity contribution < 1.29 is 9.21 Å². The number of fused-ring (bicyclic) bond motifs is 1. The Morgan fingerprint density at radius 2 is 1.78 bits per heavy atom. The number of thiophene rings is 1. The van der Waals surface area contributed by atoms with Gasteiger partial charge in [-0.15, -0.1) is 11.3 Å². The van der Waals surface area contributed by atoms with Crippen molar-refractivity contribution in [1.82, 2.24) is 0 Å². The van der Waals surface area contributed by atoms with E-state index < -0.39 is 0 Å². The van der Waals surface area contributed by atoms with Crippen LogP contribution in [-0.4, -0.2) is 12.1 Å². The minimum Gasteiger partial charge on any atom is -0.455 e. The molecule has 0 radical (unpaired) electrons. The molecule has 1 aliphatic rings. The summed E-state index contributed by atoms with van der Waals surface area (Å²) in [5.74, 6) is 1.08. The number of hydrogen-bond acceptors (Lipinski definition) is 4. The van der Waals surface area contributed by atoms with Crippen molar-refractivity contribution in [3.05, 3.63) is 91.5 Å². The zero-order chi connectivity index (χ0) is 25.9. The fourth-order valence-corrected chi connectivity index (χ4v) is 6.23. The van der Waals surface area contributed by atoms with Gasteiger partial charge in [0.05, 0.1) is 16.8 Å². The zero-order valence-electron chi connectivity index (χ0n) is 20.9. The summed E-state index contributed by atoms with van der Waals surface area (Å²) in [4.78, 5) is 19.6. The molecule has 0 saturated heterocycles. The summed E-state index contributed by atoms with van der Waals surface area (Å²) in [6, 6.07) is 14.9. The molecule has 2 heterocycles. The van der Waals surface area contributed by atoms with Crippen LogP contribution in [0.1, 0.15) is 63.4 Å². The standard InChI is InChI=1S/C30H28Cl2N2O2S/c1-18-9-11-21(15-19(18)2)34-29(35)28-23-7-5-3-4-6-8-27(23)37-30(28)33-17-22-12-14-26(36-22)24-16-20(31)10-13-25(24)32/h9-17H,3-8H2,1-2H3,(H,34,35). The summed E-state index contributed by atoms with van der Waals surface area (Å²) in [5, 5.41) is 4.98. The Balaban J connectivity index is 1.47. The van der Waals surface area contributed by atoms with Crippen LogP contribution in [0.3, 0.4) is 0 Å². The number of benzene rings is 2. The number of nitrogens with one attached hydrogen (secondary N) is 1. The molecular weight excluding hydrogens is 523 g/mol. The Bertz CT molecular complexity index is 1480. The fraction of sp³-hybridized carbons (Fsp3) is 0.267. The van der Waals surface area contributed by atoms with Gasteiger partial charge in [-0.2, -0.15) is 0 Å². The predicted octanol–water partition coefficient (Wildman–Crippen LogP) is 9.59. The molecule has 0 fully saturated rings. The maximum Gasteiger partial charge on any atom is 0.259 e. The Hall–Kier alpha value is -2.86. The van der Waals surface area contributed by atoms with Crippen molar-refractivity contribution in [2.75, 3.05) is 5.32 Å². The summed E-state index contributed by atoms with van der Waals surface area (Å²) in [6.07, 6.45) is 8.19. The number of nitrogens with zero attached hydrogens (tertiary/aromatic N) is 1. The third kappa shape index (κ3) is 5.85. The summed E-state index contributed by atoms with van der Waals surface area (Å²) < 4.78 is 6.00. The van der Waals surface area contributed by atoms with Gasteiger partial charge >= 0.3 is 0 Å². The quantitative estimate of drug-likeness (QED) is 0.251. The van der Waals surface area contributed by atoms with E-state index in [9.17, 15) is 4.79 Å². The van der Waals surface area contributed by atoms with E-state index in [0.717, 1.165) is 48.1 Å². The molecule has 2 aromatic carbocycles. The van der Waals surface area contributed by atoms with Crippen molar-refractivity contribution in [3.8, 4) is 11.3 Å². The van der Waals surface area contributed by atoms with Gasteiger partial charge in [-0.1, -0.05) is 42.1 Å². The number of halogens is 2. The second-order valence-electron chi connectivity index (χ2n) is 9.44. The highest BCUT2D eigenvalue weighted by molar-refractivity contribution is 7.16. The maximum atomic E-state index is 13.6. The van der Waals surface area contributed by atoms with Crippen LogP contribution < -0.4 is 5.32 Å². The number of amides is 1. The van der Waals surface area contributed by atoms with Crippen molar-refractivity contribution in [3.63, 3.8) is 0 Å².